The molecule has 24 heavy (non-hydrogen) atoms. The van der Waals surface area contributed by atoms with Crippen molar-refractivity contribution in [2.75, 3.05) is 18.0 Å². The minimum atomic E-state index is -0.981. The zero-order chi connectivity index (χ0) is 16.7. The average Bonchev–Trinajstić information content (AvgIpc) is 3.22. The Bertz CT molecular complexity index is 871. The third-order valence-electron chi connectivity index (χ3n) is 4.62. The summed E-state index contributed by atoms with van der Waals surface area (Å²) in [5.41, 5.74) is 1.60. The van der Waals surface area contributed by atoms with Gasteiger partial charge >= 0.3 is 0 Å². The minimum absolute atomic E-state index is 0.225. The summed E-state index contributed by atoms with van der Waals surface area (Å²) in [6.45, 7) is 5.32. The average molecular weight is 324 g/mol. The van der Waals surface area contributed by atoms with Gasteiger partial charge in [0.05, 0.1) is 18.3 Å². The molecule has 0 aromatic carbocycles. The van der Waals surface area contributed by atoms with Gasteiger partial charge in [-0.3, -0.25) is 9.97 Å². The number of rotatable bonds is 3. The molecule has 3 aromatic rings. The molecule has 1 unspecified atom stereocenters. The number of aliphatic hydroxyl groups is 1. The first-order chi connectivity index (χ1) is 11.6. The van der Waals surface area contributed by atoms with E-state index in [-0.39, 0.29) is 6.04 Å². The molecule has 1 aliphatic heterocycles. The van der Waals surface area contributed by atoms with E-state index in [4.69, 9.17) is 0 Å². The number of hydrogen-bond donors (Lipinski definition) is 1. The lowest BCUT2D eigenvalue weighted by Crippen LogP contribution is -2.31. The van der Waals surface area contributed by atoms with Crippen LogP contribution < -0.4 is 4.90 Å². The van der Waals surface area contributed by atoms with Gasteiger partial charge in [0.15, 0.2) is 0 Å². The summed E-state index contributed by atoms with van der Waals surface area (Å²) in [5, 5.41) is 20.4. The van der Waals surface area contributed by atoms with Crippen molar-refractivity contribution in [2.24, 2.45) is 0 Å². The largest absolute Gasteiger partial charge is 0.381 e. The van der Waals surface area contributed by atoms with Gasteiger partial charge in [0.1, 0.15) is 11.3 Å². The topological polar surface area (TPSA) is 80.0 Å². The maximum atomic E-state index is 11.1. The smallest absolute Gasteiger partial charge is 0.129 e. The van der Waals surface area contributed by atoms with Gasteiger partial charge in [-0.05, 0) is 26.0 Å². The predicted molar refractivity (Wildman–Crippen MR) is 90.7 cm³/mol. The van der Waals surface area contributed by atoms with E-state index in [2.05, 4.69) is 25.2 Å². The Morgan fingerprint density at radius 1 is 1.25 bits per heavy atom. The standard InChI is InChI=1S/C17H20N6O/c1-12(2)23-10-16(20-21-23)17(24)5-8-22(11-17)15-4-7-19-14-3-6-18-9-13(14)15/h3-4,6-7,9-10,12,24H,5,8,11H2,1-2H3. The highest BCUT2D eigenvalue weighted by Crippen LogP contribution is 2.36. The van der Waals surface area contributed by atoms with Crippen LogP contribution >= 0.6 is 0 Å². The molecule has 0 spiro atoms. The fourth-order valence-electron chi connectivity index (χ4n) is 3.20. The molecular weight excluding hydrogens is 304 g/mol. The molecule has 1 N–H and O–H groups in total. The van der Waals surface area contributed by atoms with Crippen LogP contribution in [-0.4, -0.2) is 43.2 Å². The molecule has 0 bridgehead atoms. The Kier molecular flexibility index (Phi) is 3.45. The van der Waals surface area contributed by atoms with Crippen molar-refractivity contribution < 1.29 is 5.11 Å². The fourth-order valence-corrected chi connectivity index (χ4v) is 3.20. The van der Waals surface area contributed by atoms with Crippen molar-refractivity contribution in [3.63, 3.8) is 0 Å². The number of hydrogen-bond acceptors (Lipinski definition) is 6. The van der Waals surface area contributed by atoms with Crippen molar-refractivity contribution in [2.45, 2.75) is 31.9 Å². The van der Waals surface area contributed by atoms with Crippen LogP contribution in [0, 0.1) is 0 Å². The highest BCUT2D eigenvalue weighted by molar-refractivity contribution is 5.90. The molecule has 0 amide bonds. The summed E-state index contributed by atoms with van der Waals surface area (Å²) in [5.74, 6) is 0. The highest BCUT2D eigenvalue weighted by Gasteiger charge is 2.40. The van der Waals surface area contributed by atoms with Crippen LogP contribution in [0.3, 0.4) is 0 Å². The molecular formula is C17H20N6O. The number of pyridine rings is 2. The molecule has 0 radical (unpaired) electrons. The molecule has 0 aliphatic carbocycles. The van der Waals surface area contributed by atoms with Crippen LogP contribution in [0.5, 0.6) is 0 Å². The van der Waals surface area contributed by atoms with Gasteiger partial charge in [-0.1, -0.05) is 5.21 Å². The van der Waals surface area contributed by atoms with Gasteiger partial charge in [-0.2, -0.15) is 0 Å². The maximum Gasteiger partial charge on any atom is 0.129 e. The number of fused-ring (bicyclic) bond motifs is 1. The number of aromatic nitrogens is 5. The molecule has 4 rings (SSSR count). The Balaban J connectivity index is 1.65. The van der Waals surface area contributed by atoms with E-state index in [9.17, 15) is 5.11 Å². The van der Waals surface area contributed by atoms with Gasteiger partial charge in [-0.25, -0.2) is 4.68 Å². The van der Waals surface area contributed by atoms with E-state index >= 15 is 0 Å². The highest BCUT2D eigenvalue weighted by atomic mass is 16.3. The van der Waals surface area contributed by atoms with E-state index in [0.29, 0.717) is 18.7 Å². The van der Waals surface area contributed by atoms with Crippen molar-refractivity contribution >= 4 is 16.6 Å². The first kappa shape index (κ1) is 15.0. The lowest BCUT2D eigenvalue weighted by Gasteiger charge is -2.23. The molecule has 7 nitrogen and oxygen atoms in total. The Labute approximate surface area is 140 Å². The number of β-amino-alcohol motifs (C(OH)–C–C–N with tert-alkyl or cyclic N) is 1. The van der Waals surface area contributed by atoms with E-state index in [1.165, 1.54) is 0 Å². The molecule has 124 valence electrons. The van der Waals surface area contributed by atoms with Crippen molar-refractivity contribution in [1.29, 1.82) is 0 Å². The monoisotopic (exact) mass is 324 g/mol. The molecule has 3 aromatic heterocycles. The summed E-state index contributed by atoms with van der Waals surface area (Å²) < 4.78 is 1.78. The molecule has 7 heteroatoms. The van der Waals surface area contributed by atoms with Gasteiger partial charge in [0.25, 0.3) is 0 Å². The second-order valence-electron chi connectivity index (χ2n) is 6.60. The van der Waals surface area contributed by atoms with Crippen LogP contribution in [0.1, 0.15) is 32.0 Å². The maximum absolute atomic E-state index is 11.1. The predicted octanol–water partition coefficient (Wildman–Crippen LogP) is 1.90. The fraction of sp³-hybridized carbons (Fsp3) is 0.412. The summed E-state index contributed by atoms with van der Waals surface area (Å²) in [7, 11) is 0. The summed E-state index contributed by atoms with van der Waals surface area (Å²) in [6.07, 6.45) is 7.83. The minimum Gasteiger partial charge on any atom is -0.381 e. The lowest BCUT2D eigenvalue weighted by molar-refractivity contribution is 0.0559. The normalized spacial score (nSPS) is 21.1. The summed E-state index contributed by atoms with van der Waals surface area (Å²) in [6, 6.07) is 4.10. The Morgan fingerprint density at radius 2 is 2.12 bits per heavy atom. The number of anilines is 1. The molecule has 1 aliphatic rings. The Morgan fingerprint density at radius 3 is 2.92 bits per heavy atom. The molecule has 1 saturated heterocycles. The van der Waals surface area contributed by atoms with Gasteiger partial charge in [-0.15, -0.1) is 5.10 Å². The second-order valence-corrected chi connectivity index (χ2v) is 6.60. The van der Waals surface area contributed by atoms with E-state index < -0.39 is 5.60 Å². The third-order valence-corrected chi connectivity index (χ3v) is 4.62. The zero-order valence-corrected chi connectivity index (χ0v) is 13.8. The first-order valence-corrected chi connectivity index (χ1v) is 8.15. The van der Waals surface area contributed by atoms with Crippen LogP contribution in [-0.2, 0) is 5.60 Å². The van der Waals surface area contributed by atoms with Crippen molar-refractivity contribution in [1.82, 2.24) is 25.0 Å². The van der Waals surface area contributed by atoms with Gasteiger partial charge < -0.3 is 10.0 Å². The zero-order valence-electron chi connectivity index (χ0n) is 13.8. The summed E-state index contributed by atoms with van der Waals surface area (Å²) >= 11 is 0. The van der Waals surface area contributed by atoms with Crippen molar-refractivity contribution in [3.8, 4) is 0 Å². The molecule has 1 fully saturated rings. The van der Waals surface area contributed by atoms with Crippen LogP contribution in [0.25, 0.3) is 10.9 Å². The quantitative estimate of drug-likeness (QED) is 0.792. The van der Waals surface area contributed by atoms with Crippen LogP contribution in [0.4, 0.5) is 5.69 Å². The van der Waals surface area contributed by atoms with E-state index in [0.717, 1.165) is 23.1 Å². The van der Waals surface area contributed by atoms with E-state index in [1.807, 2.05) is 38.4 Å². The SMILES string of the molecule is CC(C)n1cc(C2(O)CCN(c3ccnc4ccncc34)C2)nn1. The second kappa shape index (κ2) is 5.52. The lowest BCUT2D eigenvalue weighted by atomic mass is 10.00. The molecule has 1 atom stereocenters. The first-order valence-electron chi connectivity index (χ1n) is 8.15. The van der Waals surface area contributed by atoms with Crippen molar-refractivity contribution in [3.05, 3.63) is 42.6 Å². The summed E-state index contributed by atoms with van der Waals surface area (Å²) in [4.78, 5) is 10.7. The number of nitrogens with zero attached hydrogens (tertiary/aromatic N) is 6. The van der Waals surface area contributed by atoms with E-state index in [1.54, 1.807) is 17.1 Å². The van der Waals surface area contributed by atoms with Gasteiger partial charge in [0.2, 0.25) is 0 Å². The Hall–Kier alpha value is -2.54. The van der Waals surface area contributed by atoms with Crippen LogP contribution in [0.15, 0.2) is 36.9 Å². The molecule has 4 heterocycles. The van der Waals surface area contributed by atoms with Crippen LogP contribution in [0.2, 0.25) is 0 Å². The molecule has 0 saturated carbocycles. The van der Waals surface area contributed by atoms with Gasteiger partial charge in [0, 0.05) is 48.7 Å². The third kappa shape index (κ3) is 2.41.